The zero-order chi connectivity index (χ0) is 14.7. The maximum atomic E-state index is 13.5. The van der Waals surface area contributed by atoms with Crippen molar-refractivity contribution < 1.29 is 4.39 Å². The average molecular weight is 334 g/mol. The van der Waals surface area contributed by atoms with Crippen LogP contribution < -0.4 is 11.3 Å². The fraction of sp³-hybridized carbons (Fsp3) is 0.143. The molecule has 2 aromatic rings. The summed E-state index contributed by atoms with van der Waals surface area (Å²) in [5.41, 5.74) is 4.09. The fourth-order valence-electron chi connectivity index (χ4n) is 1.99. The second-order valence-electron chi connectivity index (χ2n) is 4.31. The van der Waals surface area contributed by atoms with Gasteiger partial charge in [-0.15, -0.1) is 0 Å². The molecule has 0 bridgehead atoms. The van der Waals surface area contributed by atoms with Gasteiger partial charge in [0.2, 0.25) is 0 Å². The maximum absolute atomic E-state index is 13.5. The Balaban J connectivity index is 2.31. The Morgan fingerprint density at radius 3 is 2.25 bits per heavy atom. The number of nitrogens with one attached hydrogen (secondary N) is 1. The summed E-state index contributed by atoms with van der Waals surface area (Å²) in [6.07, 6.45) is 0.439. The predicted molar refractivity (Wildman–Crippen MR) is 81.6 cm³/mol. The third-order valence-electron chi connectivity index (χ3n) is 2.97. The van der Waals surface area contributed by atoms with Gasteiger partial charge in [-0.3, -0.25) is 11.3 Å². The lowest BCUT2D eigenvalue weighted by Gasteiger charge is -2.19. The summed E-state index contributed by atoms with van der Waals surface area (Å²) in [7, 11) is 0. The van der Waals surface area contributed by atoms with Crippen molar-refractivity contribution >= 4 is 34.8 Å². The van der Waals surface area contributed by atoms with Crippen molar-refractivity contribution in [3.63, 3.8) is 0 Å². The molecular formula is C14H12Cl3FN2. The molecule has 0 spiro atoms. The van der Waals surface area contributed by atoms with Crippen molar-refractivity contribution in [3.8, 4) is 0 Å². The zero-order valence-electron chi connectivity index (χ0n) is 10.3. The number of benzene rings is 2. The zero-order valence-corrected chi connectivity index (χ0v) is 12.6. The van der Waals surface area contributed by atoms with Gasteiger partial charge in [0.05, 0.1) is 11.1 Å². The van der Waals surface area contributed by atoms with Crippen LogP contribution in [0.25, 0.3) is 0 Å². The smallest absolute Gasteiger partial charge is 0.142 e. The van der Waals surface area contributed by atoms with Gasteiger partial charge in [0, 0.05) is 15.6 Å². The third kappa shape index (κ3) is 3.43. The van der Waals surface area contributed by atoms with Crippen molar-refractivity contribution in [1.29, 1.82) is 0 Å². The van der Waals surface area contributed by atoms with Gasteiger partial charge >= 0.3 is 0 Å². The number of rotatable bonds is 4. The van der Waals surface area contributed by atoms with Crippen molar-refractivity contribution in [2.24, 2.45) is 5.84 Å². The lowest BCUT2D eigenvalue weighted by atomic mass is 9.99. The molecule has 6 heteroatoms. The van der Waals surface area contributed by atoms with E-state index in [1.807, 2.05) is 0 Å². The van der Waals surface area contributed by atoms with Crippen LogP contribution in [0.5, 0.6) is 0 Å². The summed E-state index contributed by atoms with van der Waals surface area (Å²) >= 11 is 18.0. The lowest BCUT2D eigenvalue weighted by Crippen LogP contribution is -2.30. The van der Waals surface area contributed by atoms with Crippen LogP contribution in [0.4, 0.5) is 4.39 Å². The van der Waals surface area contributed by atoms with Crippen LogP contribution in [0, 0.1) is 5.82 Å². The van der Waals surface area contributed by atoms with Crippen molar-refractivity contribution in [2.45, 2.75) is 12.5 Å². The van der Waals surface area contributed by atoms with E-state index in [1.54, 1.807) is 24.3 Å². The highest BCUT2D eigenvalue weighted by molar-refractivity contribution is 6.36. The summed E-state index contributed by atoms with van der Waals surface area (Å²) in [6, 6.07) is 9.51. The molecule has 0 aliphatic rings. The lowest BCUT2D eigenvalue weighted by molar-refractivity contribution is 0.549. The van der Waals surface area contributed by atoms with E-state index in [9.17, 15) is 4.39 Å². The molecule has 106 valence electrons. The molecule has 0 aromatic heterocycles. The molecule has 3 N–H and O–H groups in total. The van der Waals surface area contributed by atoms with E-state index in [0.29, 0.717) is 22.0 Å². The van der Waals surface area contributed by atoms with Gasteiger partial charge in [0.1, 0.15) is 5.82 Å². The van der Waals surface area contributed by atoms with Crippen LogP contribution in [0.3, 0.4) is 0 Å². The van der Waals surface area contributed by atoms with E-state index in [-0.39, 0.29) is 11.1 Å². The molecule has 0 aliphatic carbocycles. The van der Waals surface area contributed by atoms with Gasteiger partial charge in [-0.25, -0.2) is 4.39 Å². The van der Waals surface area contributed by atoms with E-state index in [2.05, 4.69) is 5.43 Å². The van der Waals surface area contributed by atoms with Crippen LogP contribution in [-0.4, -0.2) is 0 Å². The second-order valence-corrected chi connectivity index (χ2v) is 5.53. The monoisotopic (exact) mass is 332 g/mol. The topological polar surface area (TPSA) is 38.0 Å². The summed E-state index contributed by atoms with van der Waals surface area (Å²) in [4.78, 5) is 0. The molecular weight excluding hydrogens is 322 g/mol. The number of hydrazine groups is 1. The van der Waals surface area contributed by atoms with E-state index >= 15 is 0 Å². The minimum atomic E-state index is -0.467. The first kappa shape index (κ1) is 15.5. The van der Waals surface area contributed by atoms with Crippen molar-refractivity contribution in [3.05, 3.63) is 68.4 Å². The van der Waals surface area contributed by atoms with Gasteiger partial charge in [0.25, 0.3) is 0 Å². The Morgan fingerprint density at radius 2 is 1.70 bits per heavy atom. The predicted octanol–water partition coefficient (Wildman–Crippen LogP) is 4.53. The molecule has 0 saturated heterocycles. The Labute approximate surface area is 131 Å². The summed E-state index contributed by atoms with van der Waals surface area (Å²) < 4.78 is 13.5. The van der Waals surface area contributed by atoms with Crippen LogP contribution in [0.2, 0.25) is 15.1 Å². The van der Waals surface area contributed by atoms with Crippen molar-refractivity contribution in [2.75, 3.05) is 0 Å². The maximum Gasteiger partial charge on any atom is 0.142 e. The standard InChI is InChI=1S/C14H12Cl3FN2/c15-9-5-4-8(6-12(9)18)7-13(20-19)14-10(16)2-1-3-11(14)17/h1-6,13,20H,7,19H2. The molecule has 20 heavy (non-hydrogen) atoms. The van der Waals surface area contributed by atoms with Crippen LogP contribution >= 0.6 is 34.8 Å². The Bertz CT molecular complexity index is 599. The Hall–Kier alpha value is -0.840. The molecule has 0 aliphatic heterocycles. The summed E-state index contributed by atoms with van der Waals surface area (Å²) in [5, 5.41) is 1.10. The first-order valence-corrected chi connectivity index (χ1v) is 7.00. The Morgan fingerprint density at radius 1 is 1.05 bits per heavy atom. The highest BCUT2D eigenvalue weighted by Crippen LogP contribution is 2.32. The van der Waals surface area contributed by atoms with Crippen LogP contribution in [0.1, 0.15) is 17.2 Å². The molecule has 0 fully saturated rings. The quantitative estimate of drug-likeness (QED) is 0.637. The van der Waals surface area contributed by atoms with Crippen LogP contribution in [-0.2, 0) is 6.42 Å². The number of hydrogen-bond donors (Lipinski definition) is 2. The molecule has 1 unspecified atom stereocenters. The van der Waals surface area contributed by atoms with Gasteiger partial charge in [-0.05, 0) is 36.2 Å². The molecule has 0 amide bonds. The minimum absolute atomic E-state index is 0.0850. The van der Waals surface area contributed by atoms with E-state index < -0.39 is 5.82 Å². The van der Waals surface area contributed by atoms with Gasteiger partial charge < -0.3 is 0 Å². The molecule has 0 heterocycles. The highest BCUT2D eigenvalue weighted by Gasteiger charge is 2.17. The van der Waals surface area contributed by atoms with E-state index in [1.165, 1.54) is 12.1 Å². The molecule has 2 aromatic carbocycles. The number of nitrogens with two attached hydrogens (primary N) is 1. The third-order valence-corrected chi connectivity index (χ3v) is 3.94. The molecule has 1 atom stereocenters. The normalized spacial score (nSPS) is 12.4. The molecule has 2 rings (SSSR count). The first-order valence-electron chi connectivity index (χ1n) is 5.87. The first-order chi connectivity index (χ1) is 9.52. The number of hydrogen-bond acceptors (Lipinski definition) is 2. The molecule has 2 nitrogen and oxygen atoms in total. The molecule has 0 saturated carbocycles. The van der Waals surface area contributed by atoms with Crippen molar-refractivity contribution in [1.82, 2.24) is 5.43 Å². The summed E-state index contributed by atoms with van der Waals surface area (Å²) in [5.74, 6) is 5.10. The molecule has 0 radical (unpaired) electrons. The fourth-order valence-corrected chi connectivity index (χ4v) is 2.77. The van der Waals surface area contributed by atoms with Crippen LogP contribution in [0.15, 0.2) is 36.4 Å². The number of halogens is 4. The second kappa shape index (κ2) is 6.74. The summed E-state index contributed by atoms with van der Waals surface area (Å²) in [6.45, 7) is 0. The highest BCUT2D eigenvalue weighted by atomic mass is 35.5. The average Bonchev–Trinajstić information content (AvgIpc) is 2.41. The largest absolute Gasteiger partial charge is 0.271 e. The Kier molecular flexibility index (Phi) is 5.24. The van der Waals surface area contributed by atoms with Gasteiger partial charge in [-0.2, -0.15) is 0 Å². The van der Waals surface area contributed by atoms with Gasteiger partial charge in [0.15, 0.2) is 0 Å². The SMILES string of the molecule is NNC(Cc1ccc(Cl)c(F)c1)c1c(Cl)cccc1Cl. The van der Waals surface area contributed by atoms with Gasteiger partial charge in [-0.1, -0.05) is 46.9 Å². The minimum Gasteiger partial charge on any atom is -0.271 e. The van der Waals surface area contributed by atoms with E-state index in [0.717, 1.165) is 5.56 Å². The van der Waals surface area contributed by atoms with E-state index in [4.69, 9.17) is 40.6 Å².